The smallest absolute Gasteiger partial charge is 0.287 e. The summed E-state index contributed by atoms with van der Waals surface area (Å²) in [6.07, 6.45) is 0. The van der Waals surface area contributed by atoms with E-state index in [1.165, 1.54) is 23.3 Å². The van der Waals surface area contributed by atoms with Gasteiger partial charge in [-0.25, -0.2) is 0 Å². The highest BCUT2D eigenvalue weighted by Crippen LogP contribution is 2.25. The Kier molecular flexibility index (Phi) is 5.57. The standard InChI is InChI=1S/C26H21NO3/c1-18-15-24(28)16-25(30-18)26(29)27-17-19-7-9-21(10-8-19)23-13-11-22(12-14-23)20-5-3-2-4-6-20/h2-16H,17H2,1H3,(H,27,29). The van der Waals surface area contributed by atoms with E-state index >= 15 is 0 Å². The fourth-order valence-electron chi connectivity index (χ4n) is 3.29. The lowest BCUT2D eigenvalue weighted by atomic mass is 9.99. The Morgan fingerprint density at radius 1 is 0.767 bits per heavy atom. The number of hydrogen-bond donors (Lipinski definition) is 1. The van der Waals surface area contributed by atoms with Crippen molar-refractivity contribution >= 4 is 5.91 Å². The molecule has 1 heterocycles. The van der Waals surface area contributed by atoms with Crippen LogP contribution in [-0.4, -0.2) is 5.91 Å². The van der Waals surface area contributed by atoms with Crippen LogP contribution in [0.25, 0.3) is 22.3 Å². The van der Waals surface area contributed by atoms with E-state index in [4.69, 9.17) is 4.42 Å². The molecule has 0 spiro atoms. The van der Waals surface area contributed by atoms with Crippen molar-refractivity contribution in [2.75, 3.05) is 0 Å². The topological polar surface area (TPSA) is 59.3 Å². The largest absolute Gasteiger partial charge is 0.456 e. The molecule has 4 nitrogen and oxygen atoms in total. The monoisotopic (exact) mass is 395 g/mol. The van der Waals surface area contributed by atoms with Gasteiger partial charge in [0.2, 0.25) is 0 Å². The average molecular weight is 395 g/mol. The molecule has 0 atom stereocenters. The minimum absolute atomic E-state index is 0.0233. The highest BCUT2D eigenvalue weighted by molar-refractivity contribution is 5.91. The van der Waals surface area contributed by atoms with Crippen molar-refractivity contribution < 1.29 is 9.21 Å². The van der Waals surface area contributed by atoms with E-state index < -0.39 is 5.91 Å². The predicted molar refractivity (Wildman–Crippen MR) is 118 cm³/mol. The van der Waals surface area contributed by atoms with Crippen LogP contribution in [0, 0.1) is 6.92 Å². The second kappa shape index (κ2) is 8.62. The molecule has 0 aliphatic heterocycles. The highest BCUT2D eigenvalue weighted by Gasteiger charge is 2.10. The van der Waals surface area contributed by atoms with Gasteiger partial charge in [-0.15, -0.1) is 0 Å². The zero-order valence-electron chi connectivity index (χ0n) is 16.6. The van der Waals surface area contributed by atoms with Gasteiger partial charge in [0, 0.05) is 18.7 Å². The molecule has 1 amide bonds. The molecular weight excluding hydrogens is 374 g/mol. The van der Waals surface area contributed by atoms with Crippen LogP contribution in [0.15, 0.2) is 100 Å². The van der Waals surface area contributed by atoms with E-state index in [1.807, 2.05) is 42.5 Å². The number of amides is 1. The molecule has 1 aromatic heterocycles. The summed E-state index contributed by atoms with van der Waals surface area (Å²) in [5, 5.41) is 2.78. The minimum atomic E-state index is -0.406. The molecular formula is C26H21NO3. The number of nitrogens with one attached hydrogen (secondary N) is 1. The van der Waals surface area contributed by atoms with Crippen LogP contribution in [0.5, 0.6) is 0 Å². The van der Waals surface area contributed by atoms with Gasteiger partial charge in [-0.3, -0.25) is 9.59 Å². The van der Waals surface area contributed by atoms with Gasteiger partial charge in [-0.1, -0.05) is 78.9 Å². The van der Waals surface area contributed by atoms with Crippen LogP contribution in [0.2, 0.25) is 0 Å². The summed E-state index contributed by atoms with van der Waals surface area (Å²) in [6.45, 7) is 1.99. The quantitative estimate of drug-likeness (QED) is 0.504. The van der Waals surface area contributed by atoms with Crippen molar-refractivity contribution in [1.82, 2.24) is 5.32 Å². The SMILES string of the molecule is Cc1cc(=O)cc(C(=O)NCc2ccc(-c3ccc(-c4ccccc4)cc3)cc2)o1. The zero-order chi connectivity index (χ0) is 20.9. The average Bonchev–Trinajstić information content (AvgIpc) is 2.78. The fraction of sp³-hybridized carbons (Fsp3) is 0.0769. The zero-order valence-corrected chi connectivity index (χ0v) is 16.6. The second-order valence-electron chi connectivity index (χ2n) is 7.09. The van der Waals surface area contributed by atoms with Crippen LogP contribution in [0.4, 0.5) is 0 Å². The molecule has 30 heavy (non-hydrogen) atoms. The maximum absolute atomic E-state index is 12.2. The van der Waals surface area contributed by atoms with Crippen molar-refractivity contribution in [1.29, 1.82) is 0 Å². The number of rotatable bonds is 5. The third kappa shape index (κ3) is 4.55. The van der Waals surface area contributed by atoms with Crippen molar-refractivity contribution in [3.05, 3.63) is 118 Å². The maximum Gasteiger partial charge on any atom is 0.287 e. The normalized spacial score (nSPS) is 10.6. The number of carbonyl (C=O) groups is 1. The Morgan fingerprint density at radius 3 is 1.87 bits per heavy atom. The Hall–Kier alpha value is -3.92. The van der Waals surface area contributed by atoms with Gasteiger partial charge >= 0.3 is 0 Å². The molecule has 0 fully saturated rings. The lowest BCUT2D eigenvalue weighted by Crippen LogP contribution is -2.24. The van der Waals surface area contributed by atoms with E-state index in [2.05, 4.69) is 41.7 Å². The molecule has 4 rings (SSSR count). The molecule has 0 aliphatic carbocycles. The number of aryl methyl sites for hydroxylation is 1. The minimum Gasteiger partial charge on any atom is -0.456 e. The van der Waals surface area contributed by atoms with E-state index in [1.54, 1.807) is 6.92 Å². The van der Waals surface area contributed by atoms with Gasteiger partial charge in [0.05, 0.1) is 0 Å². The Balaban J connectivity index is 1.41. The summed E-state index contributed by atoms with van der Waals surface area (Å²) >= 11 is 0. The van der Waals surface area contributed by atoms with Crippen molar-refractivity contribution in [3.63, 3.8) is 0 Å². The summed E-state index contributed by atoms with van der Waals surface area (Å²) in [6, 6.07) is 29.3. The van der Waals surface area contributed by atoms with Crippen molar-refractivity contribution in [2.24, 2.45) is 0 Å². The number of hydrogen-bond acceptors (Lipinski definition) is 3. The first kappa shape index (κ1) is 19.4. The third-order valence-electron chi connectivity index (χ3n) is 4.85. The van der Waals surface area contributed by atoms with Crippen LogP contribution >= 0.6 is 0 Å². The first-order valence-corrected chi connectivity index (χ1v) is 9.73. The van der Waals surface area contributed by atoms with E-state index in [9.17, 15) is 9.59 Å². The molecule has 0 unspecified atom stereocenters. The summed E-state index contributed by atoms with van der Waals surface area (Å²) in [5.41, 5.74) is 5.33. The van der Waals surface area contributed by atoms with Crippen LogP contribution in [-0.2, 0) is 6.54 Å². The first-order valence-electron chi connectivity index (χ1n) is 9.73. The van der Waals surface area contributed by atoms with Gasteiger partial charge in [0.15, 0.2) is 11.2 Å². The predicted octanol–water partition coefficient (Wildman–Crippen LogP) is 5.21. The molecule has 0 radical (unpaired) electrons. The van der Waals surface area contributed by atoms with E-state index in [0.717, 1.165) is 16.7 Å². The highest BCUT2D eigenvalue weighted by atomic mass is 16.3. The molecule has 0 saturated heterocycles. The van der Waals surface area contributed by atoms with Gasteiger partial charge in [-0.05, 0) is 34.7 Å². The summed E-state index contributed by atoms with van der Waals surface area (Å²) in [7, 11) is 0. The molecule has 0 saturated carbocycles. The van der Waals surface area contributed by atoms with Crippen LogP contribution < -0.4 is 10.7 Å². The lowest BCUT2D eigenvalue weighted by molar-refractivity contribution is 0.0919. The summed E-state index contributed by atoms with van der Waals surface area (Å²) in [4.78, 5) is 23.7. The summed E-state index contributed by atoms with van der Waals surface area (Å²) in [5.74, 6) is 0.0294. The molecule has 0 aliphatic rings. The molecule has 1 N–H and O–H groups in total. The molecule has 148 valence electrons. The third-order valence-corrected chi connectivity index (χ3v) is 4.85. The second-order valence-corrected chi connectivity index (χ2v) is 7.09. The van der Waals surface area contributed by atoms with Crippen LogP contribution in [0.1, 0.15) is 21.9 Å². The fourth-order valence-corrected chi connectivity index (χ4v) is 3.29. The Labute approximate surface area is 174 Å². The van der Waals surface area contributed by atoms with Gasteiger partial charge in [0.25, 0.3) is 5.91 Å². The Bertz CT molecular complexity index is 1210. The van der Waals surface area contributed by atoms with Crippen molar-refractivity contribution in [3.8, 4) is 22.3 Å². The van der Waals surface area contributed by atoms with Crippen LogP contribution in [0.3, 0.4) is 0 Å². The van der Waals surface area contributed by atoms with E-state index in [0.29, 0.717) is 12.3 Å². The van der Waals surface area contributed by atoms with Gasteiger partial charge < -0.3 is 9.73 Å². The summed E-state index contributed by atoms with van der Waals surface area (Å²) < 4.78 is 5.31. The van der Waals surface area contributed by atoms with E-state index in [-0.39, 0.29) is 11.2 Å². The molecule has 4 heteroatoms. The number of carbonyl (C=O) groups excluding carboxylic acids is 1. The molecule has 4 aromatic rings. The first-order chi connectivity index (χ1) is 14.6. The van der Waals surface area contributed by atoms with Gasteiger partial charge in [-0.2, -0.15) is 0 Å². The molecule has 3 aromatic carbocycles. The van der Waals surface area contributed by atoms with Gasteiger partial charge in [0.1, 0.15) is 5.76 Å². The maximum atomic E-state index is 12.2. The van der Waals surface area contributed by atoms with Crippen molar-refractivity contribution in [2.45, 2.75) is 13.5 Å². The lowest BCUT2D eigenvalue weighted by Gasteiger charge is -2.08. The number of benzene rings is 3. The molecule has 0 bridgehead atoms. The Morgan fingerprint density at radius 2 is 1.30 bits per heavy atom.